The fraction of sp³-hybridized carbons (Fsp3) is 0. The minimum atomic E-state index is 0.814. The molecule has 2 aromatic heterocycles. The summed E-state index contributed by atoms with van der Waals surface area (Å²) in [5, 5.41) is 6.75. The van der Waals surface area contributed by atoms with Crippen LogP contribution in [-0.4, -0.2) is 15.9 Å². The number of para-hydroxylation sites is 1. The first-order chi connectivity index (χ1) is 12.8. The molecule has 0 radical (unpaired) electrons. The molecule has 1 N–H and O–H groups in total. The molecule has 0 spiro atoms. The van der Waals surface area contributed by atoms with E-state index in [4.69, 9.17) is 4.99 Å². The lowest BCUT2D eigenvalue weighted by Crippen LogP contribution is -2.11. The summed E-state index contributed by atoms with van der Waals surface area (Å²) >= 11 is 5.11. The molecule has 0 saturated heterocycles. The lowest BCUT2D eigenvalue weighted by Gasteiger charge is -2.04. The summed E-state index contributed by atoms with van der Waals surface area (Å²) in [5.41, 5.74) is 3.91. The lowest BCUT2D eigenvalue weighted by molar-refractivity contribution is 0.854. The molecule has 2 aromatic carbocycles. The molecule has 4 rings (SSSR count). The van der Waals surface area contributed by atoms with Crippen molar-refractivity contribution in [1.29, 1.82) is 0 Å². The number of aromatic amines is 1. The van der Waals surface area contributed by atoms with Gasteiger partial charge in [-0.15, -0.1) is 11.3 Å². The van der Waals surface area contributed by atoms with Gasteiger partial charge in [0.1, 0.15) is 0 Å². The van der Waals surface area contributed by atoms with Gasteiger partial charge in [-0.1, -0.05) is 46.3 Å². The predicted molar refractivity (Wildman–Crippen MR) is 111 cm³/mol. The number of thiazole rings is 1. The Balaban J connectivity index is 1.86. The molecule has 26 heavy (non-hydrogen) atoms. The summed E-state index contributed by atoms with van der Waals surface area (Å²) < 4.78 is 2.91. The molecular formula is C20H15BrN4S. The fourth-order valence-corrected chi connectivity index (χ4v) is 3.75. The fourth-order valence-electron chi connectivity index (χ4n) is 2.49. The number of rotatable bonds is 4. The van der Waals surface area contributed by atoms with Crippen LogP contribution < -0.4 is 4.80 Å². The van der Waals surface area contributed by atoms with E-state index >= 15 is 0 Å². The monoisotopic (exact) mass is 422 g/mol. The maximum atomic E-state index is 4.76. The Labute approximate surface area is 163 Å². The first-order valence-corrected chi connectivity index (χ1v) is 9.71. The highest BCUT2D eigenvalue weighted by molar-refractivity contribution is 9.10. The number of nitrogens with zero attached hydrogens (tertiary/aromatic N) is 3. The SMILES string of the molecule is Brc1cccc(-c2csc(=Nc3ccccc3)n2N=Cc2ccc[nH]2)c1. The van der Waals surface area contributed by atoms with Crippen LogP contribution in [0.25, 0.3) is 11.3 Å². The lowest BCUT2D eigenvalue weighted by atomic mass is 10.2. The second kappa shape index (κ2) is 7.68. The van der Waals surface area contributed by atoms with Crippen molar-refractivity contribution < 1.29 is 0 Å². The van der Waals surface area contributed by atoms with Gasteiger partial charge in [0.15, 0.2) is 0 Å². The molecule has 0 atom stereocenters. The summed E-state index contributed by atoms with van der Waals surface area (Å²) in [6, 6.07) is 22.0. The minimum absolute atomic E-state index is 0.814. The molecule has 0 fully saturated rings. The van der Waals surface area contributed by atoms with E-state index in [0.29, 0.717) is 0 Å². The average Bonchev–Trinajstić information content (AvgIpc) is 3.31. The van der Waals surface area contributed by atoms with Crippen molar-refractivity contribution in [3.63, 3.8) is 0 Å². The van der Waals surface area contributed by atoms with Crippen LogP contribution in [0.4, 0.5) is 5.69 Å². The Morgan fingerprint density at radius 2 is 1.88 bits per heavy atom. The van der Waals surface area contributed by atoms with Crippen LogP contribution in [0.15, 0.2) is 92.9 Å². The van der Waals surface area contributed by atoms with Crippen molar-refractivity contribution in [3.8, 4) is 11.3 Å². The normalized spacial score (nSPS) is 12.1. The molecule has 6 heteroatoms. The first kappa shape index (κ1) is 16.8. The zero-order chi connectivity index (χ0) is 17.8. The Morgan fingerprint density at radius 3 is 2.65 bits per heavy atom. The summed E-state index contributed by atoms with van der Waals surface area (Å²) in [6.07, 6.45) is 3.68. The van der Waals surface area contributed by atoms with Crippen LogP contribution in [0.3, 0.4) is 0 Å². The van der Waals surface area contributed by atoms with E-state index in [9.17, 15) is 0 Å². The molecule has 0 saturated carbocycles. The zero-order valence-corrected chi connectivity index (χ0v) is 16.1. The van der Waals surface area contributed by atoms with E-state index in [1.54, 1.807) is 17.6 Å². The van der Waals surface area contributed by atoms with Crippen molar-refractivity contribution in [2.24, 2.45) is 10.1 Å². The summed E-state index contributed by atoms with van der Waals surface area (Å²) in [6.45, 7) is 0. The quantitative estimate of drug-likeness (QED) is 0.426. The van der Waals surface area contributed by atoms with E-state index in [0.717, 1.165) is 31.9 Å². The third kappa shape index (κ3) is 3.76. The van der Waals surface area contributed by atoms with Gasteiger partial charge in [-0.3, -0.25) is 0 Å². The van der Waals surface area contributed by atoms with Crippen molar-refractivity contribution in [2.75, 3.05) is 0 Å². The van der Waals surface area contributed by atoms with Crippen molar-refractivity contribution in [3.05, 3.63) is 93.3 Å². The van der Waals surface area contributed by atoms with Gasteiger partial charge >= 0.3 is 0 Å². The third-order valence-electron chi connectivity index (χ3n) is 3.72. The van der Waals surface area contributed by atoms with E-state index in [2.05, 4.69) is 43.5 Å². The second-order valence-corrected chi connectivity index (χ2v) is 7.30. The van der Waals surface area contributed by atoms with E-state index in [1.807, 2.05) is 65.5 Å². The third-order valence-corrected chi connectivity index (χ3v) is 5.03. The highest BCUT2D eigenvalue weighted by Crippen LogP contribution is 2.24. The standard InChI is InChI=1S/C20H15BrN4S/c21-16-7-4-6-15(12-16)19-14-26-20(24-17-8-2-1-3-9-17)25(19)23-13-18-10-5-11-22-18/h1-14,22H. The van der Waals surface area contributed by atoms with Crippen molar-refractivity contribution in [1.82, 2.24) is 9.66 Å². The van der Waals surface area contributed by atoms with Crippen LogP contribution in [0, 0.1) is 0 Å². The first-order valence-electron chi connectivity index (χ1n) is 8.03. The van der Waals surface area contributed by atoms with Gasteiger partial charge in [-0.2, -0.15) is 5.10 Å². The molecule has 0 bridgehead atoms. The number of hydrogen-bond donors (Lipinski definition) is 1. The van der Waals surface area contributed by atoms with Crippen molar-refractivity contribution >= 4 is 39.2 Å². The van der Waals surface area contributed by atoms with Crippen LogP contribution in [0.1, 0.15) is 5.69 Å². The maximum Gasteiger partial charge on any atom is 0.211 e. The molecule has 0 aliphatic carbocycles. The molecular weight excluding hydrogens is 408 g/mol. The molecule has 0 aliphatic rings. The Bertz CT molecular complexity index is 1090. The second-order valence-electron chi connectivity index (χ2n) is 5.54. The minimum Gasteiger partial charge on any atom is -0.360 e. The van der Waals surface area contributed by atoms with Crippen LogP contribution >= 0.6 is 27.3 Å². The van der Waals surface area contributed by atoms with Crippen LogP contribution in [-0.2, 0) is 0 Å². The number of nitrogens with one attached hydrogen (secondary N) is 1. The highest BCUT2D eigenvalue weighted by atomic mass is 79.9. The molecule has 4 nitrogen and oxygen atoms in total. The molecule has 0 amide bonds. The van der Waals surface area contributed by atoms with E-state index in [-0.39, 0.29) is 0 Å². The number of aromatic nitrogens is 2. The Hall–Kier alpha value is -2.70. The van der Waals surface area contributed by atoms with Gasteiger partial charge < -0.3 is 4.98 Å². The predicted octanol–water partition coefficient (Wildman–Crippen LogP) is 5.42. The smallest absolute Gasteiger partial charge is 0.211 e. The number of halogens is 1. The van der Waals surface area contributed by atoms with Gasteiger partial charge in [0.25, 0.3) is 0 Å². The highest BCUT2D eigenvalue weighted by Gasteiger charge is 2.08. The van der Waals surface area contributed by atoms with Crippen LogP contribution in [0.2, 0.25) is 0 Å². The topological polar surface area (TPSA) is 45.4 Å². The summed E-state index contributed by atoms with van der Waals surface area (Å²) in [7, 11) is 0. The Morgan fingerprint density at radius 1 is 1.00 bits per heavy atom. The van der Waals surface area contributed by atoms with Gasteiger partial charge in [0.05, 0.1) is 23.3 Å². The summed E-state index contributed by atoms with van der Waals surface area (Å²) in [5.74, 6) is 0. The van der Waals surface area contributed by atoms with Gasteiger partial charge in [-0.05, 0) is 36.4 Å². The number of benzene rings is 2. The van der Waals surface area contributed by atoms with E-state index in [1.165, 1.54) is 0 Å². The van der Waals surface area contributed by atoms with Crippen LogP contribution in [0.5, 0.6) is 0 Å². The molecule has 4 aromatic rings. The van der Waals surface area contributed by atoms with Crippen molar-refractivity contribution in [2.45, 2.75) is 0 Å². The molecule has 2 heterocycles. The average molecular weight is 423 g/mol. The largest absolute Gasteiger partial charge is 0.360 e. The summed E-state index contributed by atoms with van der Waals surface area (Å²) in [4.78, 5) is 8.71. The van der Waals surface area contributed by atoms with Gasteiger partial charge in [-0.25, -0.2) is 9.67 Å². The number of hydrogen-bond acceptors (Lipinski definition) is 3. The van der Waals surface area contributed by atoms with E-state index < -0.39 is 0 Å². The molecule has 0 aliphatic heterocycles. The maximum absolute atomic E-state index is 4.76. The van der Waals surface area contributed by atoms with Gasteiger partial charge in [0, 0.05) is 21.6 Å². The zero-order valence-electron chi connectivity index (χ0n) is 13.7. The molecule has 128 valence electrons. The number of H-pyrrole nitrogens is 1. The molecule has 0 unspecified atom stereocenters. The van der Waals surface area contributed by atoms with Gasteiger partial charge in [0.2, 0.25) is 4.80 Å². The Kier molecular flexibility index (Phi) is 4.95.